The Morgan fingerprint density at radius 3 is 2.45 bits per heavy atom. The zero-order valence-corrected chi connectivity index (χ0v) is 26.9. The highest BCUT2D eigenvalue weighted by Gasteiger charge is 2.43. The van der Waals surface area contributed by atoms with Crippen molar-refractivity contribution in [3.63, 3.8) is 0 Å². The van der Waals surface area contributed by atoms with Crippen molar-refractivity contribution in [3.8, 4) is 0 Å². The Morgan fingerprint density at radius 2 is 1.79 bits per heavy atom. The molecule has 9 heteroatoms. The Hall–Kier alpha value is -3.17. The van der Waals surface area contributed by atoms with Gasteiger partial charge in [-0.15, -0.1) is 0 Å². The van der Waals surface area contributed by atoms with E-state index in [9.17, 15) is 22.5 Å². The maximum absolute atomic E-state index is 12.0. The minimum atomic E-state index is -3.01. The Morgan fingerprint density at radius 1 is 1.05 bits per heavy atom. The van der Waals surface area contributed by atoms with E-state index < -0.39 is 26.6 Å². The fraction of sp³-hybridized carbons (Fsp3) is 0.424. The summed E-state index contributed by atoms with van der Waals surface area (Å²) in [4.78, 5) is 14.5. The molecular formula is C33H42N2O5S2. The number of carboxylic acids is 1. The van der Waals surface area contributed by atoms with Gasteiger partial charge in [-0.25, -0.2) is 8.42 Å². The third kappa shape index (κ3) is 6.89. The van der Waals surface area contributed by atoms with Crippen LogP contribution in [0.25, 0.3) is 0 Å². The van der Waals surface area contributed by atoms with Crippen LogP contribution in [0.2, 0.25) is 0 Å². The number of benzene rings is 2. The van der Waals surface area contributed by atoms with E-state index in [1.54, 1.807) is 6.26 Å². The maximum atomic E-state index is 12.0. The molecule has 2 heterocycles. The second-order valence-corrected chi connectivity index (χ2v) is 16.0. The predicted octanol–water partition coefficient (Wildman–Crippen LogP) is 5.74. The lowest BCUT2D eigenvalue weighted by Crippen LogP contribution is -2.40. The minimum Gasteiger partial charge on any atom is -0.481 e. The van der Waals surface area contributed by atoms with Gasteiger partial charge in [0.2, 0.25) is 0 Å². The first-order valence-corrected chi connectivity index (χ1v) is 17.8. The highest BCUT2D eigenvalue weighted by Crippen LogP contribution is 2.46. The van der Waals surface area contributed by atoms with Crippen LogP contribution < -0.4 is 10.2 Å². The number of nitrogens with one attached hydrogen (secondary N) is 1. The fourth-order valence-corrected chi connectivity index (χ4v) is 7.27. The molecule has 0 saturated carbocycles. The molecule has 0 bridgehead atoms. The molecule has 2 unspecified atom stereocenters. The Labute approximate surface area is 252 Å². The molecule has 0 radical (unpaired) electrons. The third-order valence-corrected chi connectivity index (χ3v) is 10.3. The summed E-state index contributed by atoms with van der Waals surface area (Å²) in [6.07, 6.45) is 14.6. The lowest BCUT2D eigenvalue weighted by atomic mass is 9.79. The number of carbonyl (C=O) groups is 1. The summed E-state index contributed by atoms with van der Waals surface area (Å²) in [7, 11) is -4.05. The van der Waals surface area contributed by atoms with E-state index in [0.717, 1.165) is 45.1 Å². The first kappa shape index (κ1) is 31.8. The highest BCUT2D eigenvalue weighted by molar-refractivity contribution is 7.90. The van der Waals surface area contributed by atoms with Crippen LogP contribution in [-0.4, -0.2) is 54.6 Å². The summed E-state index contributed by atoms with van der Waals surface area (Å²) >= 11 is 0. The molecule has 0 fully saturated rings. The van der Waals surface area contributed by atoms with Gasteiger partial charge in [0.1, 0.15) is 9.84 Å². The van der Waals surface area contributed by atoms with Crippen LogP contribution in [-0.2, 0) is 42.7 Å². The van der Waals surface area contributed by atoms with E-state index >= 15 is 0 Å². The Bertz CT molecular complexity index is 1590. The van der Waals surface area contributed by atoms with Crippen molar-refractivity contribution in [3.05, 3.63) is 89.2 Å². The number of aliphatic carboxylic acids is 1. The van der Waals surface area contributed by atoms with Crippen LogP contribution >= 0.6 is 0 Å². The van der Waals surface area contributed by atoms with Gasteiger partial charge in [-0.2, -0.15) is 0 Å². The van der Waals surface area contributed by atoms with Crippen LogP contribution in [0.15, 0.2) is 77.4 Å². The zero-order chi connectivity index (χ0) is 30.9. The SMILES string of the molecule is CS(=O)c1ccc2c(c1)C(C)(C)\C(=C/C=C/C=C/C1N(CCCCS(C)(=O)=O)c3ccc(CC(=O)O)cc3C1(C)C)N2. The molecular weight excluding hydrogens is 569 g/mol. The van der Waals surface area contributed by atoms with Gasteiger partial charge in [0.15, 0.2) is 0 Å². The summed E-state index contributed by atoms with van der Waals surface area (Å²) in [6.45, 7) is 9.36. The van der Waals surface area contributed by atoms with Crippen molar-refractivity contribution in [1.29, 1.82) is 0 Å². The fourth-order valence-electron chi connectivity index (χ4n) is 5.99. The van der Waals surface area contributed by atoms with E-state index in [4.69, 9.17) is 0 Å². The molecule has 0 spiro atoms. The molecule has 0 aliphatic carbocycles. The normalized spacial score (nSPS) is 20.7. The first-order valence-electron chi connectivity index (χ1n) is 14.2. The number of anilines is 2. The number of hydrogen-bond donors (Lipinski definition) is 2. The van der Waals surface area contributed by atoms with Crippen LogP contribution in [0.4, 0.5) is 11.4 Å². The molecule has 2 aliphatic heterocycles. The Balaban J connectivity index is 1.55. The van der Waals surface area contributed by atoms with Crippen molar-refractivity contribution < 1.29 is 22.5 Å². The first-order chi connectivity index (χ1) is 19.6. The highest BCUT2D eigenvalue weighted by atomic mass is 32.2. The smallest absolute Gasteiger partial charge is 0.307 e. The lowest BCUT2D eigenvalue weighted by molar-refractivity contribution is -0.136. The molecule has 226 valence electrons. The molecule has 7 nitrogen and oxygen atoms in total. The number of hydrogen-bond acceptors (Lipinski definition) is 6. The summed E-state index contributed by atoms with van der Waals surface area (Å²) < 4.78 is 35.3. The molecule has 42 heavy (non-hydrogen) atoms. The van der Waals surface area contributed by atoms with E-state index in [0.29, 0.717) is 13.0 Å². The van der Waals surface area contributed by atoms with Crippen LogP contribution in [0, 0.1) is 0 Å². The van der Waals surface area contributed by atoms with Gasteiger partial charge in [-0.3, -0.25) is 9.00 Å². The largest absolute Gasteiger partial charge is 0.481 e. The van der Waals surface area contributed by atoms with E-state index in [-0.39, 0.29) is 29.0 Å². The number of allylic oxidation sites excluding steroid dienone is 5. The maximum Gasteiger partial charge on any atom is 0.307 e. The summed E-state index contributed by atoms with van der Waals surface area (Å²) in [5.41, 5.74) is 5.64. The van der Waals surface area contributed by atoms with Gasteiger partial charge in [0.25, 0.3) is 0 Å². The van der Waals surface area contributed by atoms with Crippen molar-refractivity contribution in [2.45, 2.75) is 68.7 Å². The molecule has 2 aromatic rings. The number of unbranched alkanes of at least 4 members (excludes halogenated alkanes) is 1. The van der Waals surface area contributed by atoms with Gasteiger partial charge >= 0.3 is 5.97 Å². The number of rotatable bonds is 11. The van der Waals surface area contributed by atoms with Gasteiger partial charge in [-0.1, -0.05) is 64.1 Å². The average Bonchev–Trinajstić information content (AvgIpc) is 3.26. The quantitative estimate of drug-likeness (QED) is 0.247. The van der Waals surface area contributed by atoms with Gasteiger partial charge in [0.05, 0.1) is 12.5 Å². The molecule has 2 aliphatic rings. The molecule has 4 rings (SSSR count). The number of sulfone groups is 1. The zero-order valence-electron chi connectivity index (χ0n) is 25.3. The third-order valence-electron chi connectivity index (χ3n) is 8.38. The average molecular weight is 611 g/mol. The number of nitrogens with zero attached hydrogens (tertiary/aromatic N) is 1. The lowest BCUT2D eigenvalue weighted by Gasteiger charge is -2.32. The minimum absolute atomic E-state index is 0.0155. The van der Waals surface area contributed by atoms with E-state index in [2.05, 4.69) is 50.1 Å². The summed E-state index contributed by atoms with van der Waals surface area (Å²) in [5.74, 6) is -0.693. The number of fused-ring (bicyclic) bond motifs is 2. The second-order valence-electron chi connectivity index (χ2n) is 12.4. The number of carboxylic acid groups (broad SMARTS) is 1. The van der Waals surface area contributed by atoms with Crippen molar-refractivity contribution >= 4 is 38.0 Å². The topological polar surface area (TPSA) is 104 Å². The Kier molecular flexibility index (Phi) is 9.23. The van der Waals surface area contributed by atoms with Gasteiger partial charge in [-0.05, 0) is 59.9 Å². The van der Waals surface area contributed by atoms with Crippen LogP contribution in [0.5, 0.6) is 0 Å². The predicted molar refractivity (Wildman–Crippen MR) is 173 cm³/mol. The van der Waals surface area contributed by atoms with E-state index in [1.807, 2.05) is 54.6 Å². The van der Waals surface area contributed by atoms with Crippen LogP contribution in [0.3, 0.4) is 0 Å². The molecule has 0 amide bonds. The van der Waals surface area contributed by atoms with Crippen molar-refractivity contribution in [2.24, 2.45) is 0 Å². The molecule has 2 atom stereocenters. The molecule has 2 N–H and O–H groups in total. The van der Waals surface area contributed by atoms with Gasteiger partial charge in [0, 0.05) is 68.4 Å². The van der Waals surface area contributed by atoms with E-state index in [1.165, 1.54) is 6.26 Å². The summed E-state index contributed by atoms with van der Waals surface area (Å²) in [6, 6.07) is 11.8. The second kappa shape index (κ2) is 12.2. The van der Waals surface area contributed by atoms with Crippen molar-refractivity contribution in [1.82, 2.24) is 0 Å². The van der Waals surface area contributed by atoms with Gasteiger partial charge < -0.3 is 15.3 Å². The summed E-state index contributed by atoms with van der Waals surface area (Å²) in [5, 5.41) is 12.8. The van der Waals surface area contributed by atoms with Crippen LogP contribution in [0.1, 0.15) is 57.2 Å². The molecule has 0 saturated heterocycles. The van der Waals surface area contributed by atoms with Crippen molar-refractivity contribution in [2.75, 3.05) is 35.0 Å². The molecule has 2 aromatic carbocycles. The molecule has 0 aromatic heterocycles. The standard InChI is InChI=1S/C33H42N2O5S2/c1-32(2)25-22-24(41(5)38)15-16-27(25)34-29(32)12-8-7-9-13-30-33(3,4)26-20-23(21-31(36)37)14-17-28(26)35(30)18-10-11-19-42(6,39)40/h7-9,12-17,20,22,30,34H,10-11,18-19,21H2,1-6H3,(H,36,37)/b8-7+,13-9+,29-12+. The monoisotopic (exact) mass is 610 g/mol.